The van der Waals surface area contributed by atoms with Crippen molar-refractivity contribution in [1.29, 1.82) is 0 Å². The number of hydrogen-bond donors (Lipinski definition) is 1. The number of allylic oxidation sites excluding steroid dienone is 1. The van der Waals surface area contributed by atoms with E-state index in [9.17, 15) is 5.11 Å². The number of aliphatic imine (C=N–C) groups is 1. The minimum absolute atomic E-state index is 0. The van der Waals surface area contributed by atoms with Crippen LogP contribution in [0.3, 0.4) is 0 Å². The monoisotopic (exact) mass is 407 g/mol. The molecule has 6 nitrogen and oxygen atoms in total. The zero-order valence-corrected chi connectivity index (χ0v) is 14.7. The molecule has 4 rings (SSSR count). The minimum atomic E-state index is 0. The third-order valence-electron chi connectivity index (χ3n) is 3.64. The number of nitrogens with zero attached hydrogens (tertiary/aromatic N) is 4. The Labute approximate surface area is 152 Å². The van der Waals surface area contributed by atoms with Gasteiger partial charge < -0.3 is 10.6 Å². The van der Waals surface area contributed by atoms with Crippen LogP contribution in [0.2, 0.25) is 5.02 Å². The van der Waals surface area contributed by atoms with Gasteiger partial charge in [-0.05, 0) is 41.9 Å². The molecule has 0 aliphatic carbocycles. The normalized spacial score (nSPS) is 15.7. The molecule has 0 amide bonds. The van der Waals surface area contributed by atoms with E-state index < -0.39 is 0 Å². The Morgan fingerprint density at radius 1 is 1.04 bits per heavy atom. The highest BCUT2D eigenvalue weighted by atomic mass is 79.9. The fourth-order valence-corrected chi connectivity index (χ4v) is 3.09. The number of para-hydroxylation sites is 2. The summed E-state index contributed by atoms with van der Waals surface area (Å²) in [4.78, 5) is 4.60. The molecule has 0 saturated carbocycles. The van der Waals surface area contributed by atoms with Gasteiger partial charge in [0.25, 0.3) is 0 Å². The third kappa shape index (κ3) is 2.55. The van der Waals surface area contributed by atoms with Crippen molar-refractivity contribution in [2.75, 3.05) is 15.3 Å². The molecule has 0 unspecified atom stereocenters. The molecule has 0 saturated heterocycles. The van der Waals surface area contributed by atoms with E-state index in [1.54, 1.807) is 29.3 Å². The highest BCUT2D eigenvalue weighted by Gasteiger charge is 2.38. The number of alkyl halides is 1. The highest BCUT2D eigenvalue weighted by Crippen LogP contribution is 2.40. The summed E-state index contributed by atoms with van der Waals surface area (Å²) in [5, 5.41) is 15.0. The number of halogens is 2. The van der Waals surface area contributed by atoms with Crippen molar-refractivity contribution in [3.8, 4) is 0 Å². The lowest BCUT2D eigenvalue weighted by Crippen LogP contribution is -2.37. The first-order valence-electron chi connectivity index (χ1n) is 6.92. The van der Waals surface area contributed by atoms with Crippen LogP contribution >= 0.6 is 27.5 Å². The van der Waals surface area contributed by atoms with Crippen LogP contribution in [0.25, 0.3) is 0 Å². The van der Waals surface area contributed by atoms with Crippen LogP contribution in [0.5, 0.6) is 0 Å². The zero-order chi connectivity index (χ0) is 16.0. The van der Waals surface area contributed by atoms with Crippen molar-refractivity contribution < 1.29 is 10.6 Å². The van der Waals surface area contributed by atoms with Crippen molar-refractivity contribution in [1.82, 2.24) is 5.53 Å². The molecule has 8 heteroatoms. The molecule has 0 atom stereocenters. The van der Waals surface area contributed by atoms with Crippen molar-refractivity contribution in [3.05, 3.63) is 65.1 Å². The van der Waals surface area contributed by atoms with Crippen LogP contribution in [0.1, 0.15) is 0 Å². The second kappa shape index (κ2) is 6.45. The second-order valence-electron chi connectivity index (χ2n) is 5.04. The van der Waals surface area contributed by atoms with E-state index in [-0.39, 0.29) is 11.4 Å². The lowest BCUT2D eigenvalue weighted by molar-refractivity contribution is 0.387. The van der Waals surface area contributed by atoms with Crippen LogP contribution in [0.15, 0.2) is 65.1 Å². The summed E-state index contributed by atoms with van der Waals surface area (Å²) in [6, 6.07) is 14.8. The maximum Gasteiger partial charge on any atom is 0.237 e. The number of benzene rings is 2. The molecular formula is C16H13BrClN4O2. The molecule has 0 aromatic heterocycles. The smallest absolute Gasteiger partial charge is 0.237 e. The number of aliphatic hydroxyl groups is 1. The molecule has 0 fully saturated rings. The number of hydrogen-bond acceptors (Lipinski definition) is 4. The van der Waals surface area contributed by atoms with Crippen LogP contribution < -0.4 is 15.6 Å². The van der Waals surface area contributed by atoms with Crippen molar-refractivity contribution in [2.45, 2.75) is 0 Å². The molecule has 2 heterocycles. The number of rotatable bonds is 2. The fourth-order valence-electron chi connectivity index (χ4n) is 2.58. The summed E-state index contributed by atoms with van der Waals surface area (Å²) in [6.45, 7) is 0. The van der Waals surface area contributed by atoms with Gasteiger partial charge in [0.15, 0.2) is 0 Å². The summed E-state index contributed by atoms with van der Waals surface area (Å²) in [7, 11) is 0. The summed E-state index contributed by atoms with van der Waals surface area (Å²) in [5.74, 6) is 0.0417. The number of aliphatic hydroxyl groups excluding tert-OH is 1. The molecule has 2 aliphatic heterocycles. The molecule has 0 spiro atoms. The summed E-state index contributed by atoms with van der Waals surface area (Å²) in [6.07, 6.45) is 0. The van der Waals surface area contributed by atoms with E-state index in [1.807, 2.05) is 24.3 Å². The fraction of sp³-hybridized carbons (Fsp3) is 0.0625. The zero-order valence-electron chi connectivity index (χ0n) is 12.3. The minimum Gasteiger partial charge on any atom is -0.492 e. The molecule has 1 radical (unpaired) electrons. The van der Waals surface area contributed by atoms with Gasteiger partial charge in [0, 0.05) is 10.4 Å². The lowest BCUT2D eigenvalue weighted by Gasteiger charge is -2.25. The maximum absolute atomic E-state index is 10.7. The van der Waals surface area contributed by atoms with Gasteiger partial charge in [-0.15, -0.1) is 0 Å². The molecule has 3 N–H and O–H groups in total. The lowest BCUT2D eigenvalue weighted by atomic mass is 10.1. The summed E-state index contributed by atoms with van der Waals surface area (Å²) >= 11 is 9.36. The van der Waals surface area contributed by atoms with Crippen molar-refractivity contribution >= 4 is 50.3 Å². The van der Waals surface area contributed by atoms with Gasteiger partial charge in [0.1, 0.15) is 5.70 Å². The van der Waals surface area contributed by atoms with Crippen molar-refractivity contribution in [3.63, 3.8) is 0 Å². The highest BCUT2D eigenvalue weighted by molar-refractivity contribution is 9.09. The Morgan fingerprint density at radius 3 is 2.46 bits per heavy atom. The molecular weight excluding hydrogens is 396 g/mol. The Morgan fingerprint density at radius 2 is 1.75 bits per heavy atom. The second-order valence-corrected chi connectivity index (χ2v) is 6.04. The maximum atomic E-state index is 10.7. The largest absolute Gasteiger partial charge is 0.492 e. The molecule has 2 aromatic carbocycles. The van der Waals surface area contributed by atoms with Crippen LogP contribution in [-0.4, -0.2) is 21.6 Å². The Balaban J connectivity index is 0.00000169. The first-order chi connectivity index (χ1) is 11.2. The first kappa shape index (κ1) is 16.8. The van der Waals surface area contributed by atoms with Gasteiger partial charge in [0.2, 0.25) is 5.88 Å². The predicted molar refractivity (Wildman–Crippen MR) is 99.1 cm³/mol. The summed E-state index contributed by atoms with van der Waals surface area (Å²) < 4.78 is 0. The Bertz CT molecular complexity index is 838. The molecule has 2 aliphatic rings. The number of anilines is 2. The molecule has 24 heavy (non-hydrogen) atoms. The summed E-state index contributed by atoms with van der Waals surface area (Å²) in [5.41, 5.74) is 8.20. The van der Waals surface area contributed by atoms with Crippen LogP contribution in [0, 0.1) is 0 Å². The Kier molecular flexibility index (Phi) is 4.51. The standard InChI is InChI=1S/C16H11BrClN4O.H2O/c17-9-13-15-16(23)21(11-7-5-10(18)6-8-11)20-22(15)14-4-2-1-3-12(14)19-13;/h1-8,23H,9H2;1H2. The topological polar surface area (TPSA) is 84.7 Å². The van der Waals surface area contributed by atoms with E-state index in [0.717, 1.165) is 22.8 Å². The molecule has 123 valence electrons. The number of fused-ring (bicyclic) bond motifs is 3. The molecule has 0 bridgehead atoms. The van der Waals surface area contributed by atoms with Crippen LogP contribution in [-0.2, 0) is 0 Å². The van der Waals surface area contributed by atoms with E-state index in [0.29, 0.717) is 16.0 Å². The van der Waals surface area contributed by atoms with E-state index >= 15 is 0 Å². The first-order valence-corrected chi connectivity index (χ1v) is 8.42. The van der Waals surface area contributed by atoms with Crippen LogP contribution in [0.4, 0.5) is 17.1 Å². The van der Waals surface area contributed by atoms with Gasteiger partial charge in [-0.1, -0.05) is 39.7 Å². The van der Waals surface area contributed by atoms with E-state index in [2.05, 4.69) is 26.5 Å². The van der Waals surface area contributed by atoms with Gasteiger partial charge in [0.05, 0.1) is 22.8 Å². The predicted octanol–water partition coefficient (Wildman–Crippen LogP) is 3.48. The quantitative estimate of drug-likeness (QED) is 0.772. The Hall–Kier alpha value is -2.06. The van der Waals surface area contributed by atoms with Gasteiger partial charge in [-0.25, -0.2) is 15.0 Å². The van der Waals surface area contributed by atoms with E-state index in [1.165, 1.54) is 5.01 Å². The SMILES string of the molecule is O.OC1=C2C(CBr)=Nc3ccccc3N2[N]N1c1ccc(Cl)cc1. The van der Waals surface area contributed by atoms with Gasteiger partial charge in [-0.2, -0.15) is 0 Å². The third-order valence-corrected chi connectivity index (χ3v) is 4.42. The van der Waals surface area contributed by atoms with Gasteiger partial charge >= 0.3 is 0 Å². The average Bonchev–Trinajstić information content (AvgIpc) is 2.93. The van der Waals surface area contributed by atoms with Crippen molar-refractivity contribution in [2.24, 2.45) is 4.99 Å². The van der Waals surface area contributed by atoms with E-state index in [4.69, 9.17) is 11.6 Å². The molecule has 2 aromatic rings. The van der Waals surface area contributed by atoms with Gasteiger partial charge in [-0.3, -0.25) is 0 Å². The average molecular weight is 409 g/mol.